The summed E-state index contributed by atoms with van der Waals surface area (Å²) >= 11 is 0. The summed E-state index contributed by atoms with van der Waals surface area (Å²) in [4.78, 5) is 48.4. The van der Waals surface area contributed by atoms with Gasteiger partial charge in [0.15, 0.2) is 0 Å². The third kappa shape index (κ3) is 3.00. The highest BCUT2D eigenvalue weighted by atomic mass is 16.4. The fourth-order valence-electron chi connectivity index (χ4n) is 9.59. The first kappa shape index (κ1) is 21.7. The van der Waals surface area contributed by atoms with E-state index in [-0.39, 0.29) is 47.3 Å². The molecule has 0 aromatic carbocycles. The van der Waals surface area contributed by atoms with Gasteiger partial charge in [0.05, 0.1) is 23.7 Å². The number of aliphatic carboxylic acids is 4. The summed E-state index contributed by atoms with van der Waals surface area (Å²) in [6.45, 7) is 0. The van der Waals surface area contributed by atoms with Gasteiger partial charge < -0.3 is 20.4 Å². The summed E-state index contributed by atoms with van der Waals surface area (Å²) in [5.41, 5.74) is 0. The van der Waals surface area contributed by atoms with Gasteiger partial charge in [-0.05, 0) is 98.7 Å². The molecule has 0 radical (unpaired) electrons. The average molecular weight is 449 g/mol. The molecule has 8 nitrogen and oxygen atoms in total. The average Bonchev–Trinajstić information content (AvgIpc) is 2.75. The van der Waals surface area contributed by atoms with E-state index in [0.717, 1.165) is 25.7 Å². The van der Waals surface area contributed by atoms with Crippen LogP contribution >= 0.6 is 0 Å². The van der Waals surface area contributed by atoms with Gasteiger partial charge in [-0.1, -0.05) is 0 Å². The molecule has 5 aliphatic rings. The van der Waals surface area contributed by atoms with Gasteiger partial charge in [0.2, 0.25) is 0 Å². The van der Waals surface area contributed by atoms with Crippen molar-refractivity contribution in [3.05, 3.63) is 0 Å². The quantitative estimate of drug-likeness (QED) is 0.513. The normalized spacial score (nSPS) is 49.2. The zero-order valence-electron chi connectivity index (χ0n) is 18.0. The van der Waals surface area contributed by atoms with E-state index in [4.69, 9.17) is 0 Å². The largest absolute Gasteiger partial charge is 0.481 e. The molecule has 0 aromatic heterocycles. The lowest BCUT2D eigenvalue weighted by molar-refractivity contribution is -0.202. The highest BCUT2D eigenvalue weighted by Crippen LogP contribution is 2.67. The fourth-order valence-corrected chi connectivity index (χ4v) is 9.59. The Hall–Kier alpha value is -2.12. The van der Waals surface area contributed by atoms with Crippen LogP contribution in [0.4, 0.5) is 0 Å². The summed E-state index contributed by atoms with van der Waals surface area (Å²) in [6.07, 6.45) is 4.71. The van der Waals surface area contributed by atoms with Gasteiger partial charge >= 0.3 is 23.9 Å². The van der Waals surface area contributed by atoms with Crippen molar-refractivity contribution in [2.45, 2.75) is 51.4 Å². The number of rotatable bonds is 4. The SMILES string of the molecule is O=C(O)C1CCC2C3CCC(C(=O)O)C4C(C(=O)O)CCC(C5CCC(C(=O)O)C1C25)C34. The maximum absolute atomic E-state index is 12.1. The first-order valence-electron chi connectivity index (χ1n) is 12.1. The molecule has 8 atom stereocenters. The third-order valence-corrected chi connectivity index (χ3v) is 10.3. The molecule has 0 aromatic rings. The van der Waals surface area contributed by atoms with E-state index >= 15 is 0 Å². The van der Waals surface area contributed by atoms with Crippen molar-refractivity contribution >= 4 is 23.9 Å². The zero-order valence-corrected chi connectivity index (χ0v) is 18.0. The van der Waals surface area contributed by atoms with Gasteiger partial charge in [0, 0.05) is 0 Å². The van der Waals surface area contributed by atoms with Crippen LogP contribution in [0.5, 0.6) is 0 Å². The van der Waals surface area contributed by atoms with Crippen LogP contribution in [0.2, 0.25) is 0 Å². The van der Waals surface area contributed by atoms with Crippen LogP contribution in [0.3, 0.4) is 0 Å². The minimum Gasteiger partial charge on any atom is -0.481 e. The molecule has 8 unspecified atom stereocenters. The van der Waals surface area contributed by atoms with E-state index in [9.17, 15) is 39.6 Å². The summed E-state index contributed by atoms with van der Waals surface area (Å²) in [5.74, 6) is -6.14. The van der Waals surface area contributed by atoms with Crippen molar-refractivity contribution in [2.24, 2.45) is 71.0 Å². The molecule has 0 spiro atoms. The van der Waals surface area contributed by atoms with Crippen LogP contribution in [0.1, 0.15) is 51.4 Å². The molecule has 5 fully saturated rings. The standard InChI is InChI=1S/C24H32O8/c25-21(26)13-5-1-9-10-2-6-15(23(29)30)20-16(24(31)32)8-4-12(18(10)20)11-3-7-14(22(27)28)19(13)17(9)11/h9-20H,1-8H2,(H,25,26)(H,27,28)(H,29,30)(H,31,32). The van der Waals surface area contributed by atoms with Crippen LogP contribution in [0.15, 0.2) is 0 Å². The monoisotopic (exact) mass is 448 g/mol. The van der Waals surface area contributed by atoms with Crippen LogP contribution in [0, 0.1) is 71.0 Å². The highest BCUT2D eigenvalue weighted by Gasteiger charge is 2.65. The summed E-state index contributed by atoms with van der Waals surface area (Å²) in [7, 11) is 0. The predicted octanol–water partition coefficient (Wildman–Crippen LogP) is 2.91. The van der Waals surface area contributed by atoms with Crippen molar-refractivity contribution in [3.63, 3.8) is 0 Å². The second kappa shape index (κ2) is 7.73. The van der Waals surface area contributed by atoms with Crippen molar-refractivity contribution in [2.75, 3.05) is 0 Å². The zero-order chi connectivity index (χ0) is 22.9. The Morgan fingerprint density at radius 3 is 0.781 bits per heavy atom. The lowest BCUT2D eigenvalue weighted by Gasteiger charge is -2.65. The van der Waals surface area contributed by atoms with Gasteiger partial charge in [0.1, 0.15) is 0 Å². The Morgan fingerprint density at radius 2 is 0.594 bits per heavy atom. The minimum absolute atomic E-state index is 0.0364. The van der Waals surface area contributed by atoms with Crippen LogP contribution in [-0.2, 0) is 19.2 Å². The molecule has 0 heterocycles. The van der Waals surface area contributed by atoms with Crippen LogP contribution < -0.4 is 0 Å². The summed E-state index contributed by atoms with van der Waals surface area (Å²) in [6, 6.07) is 0. The number of hydrogen-bond acceptors (Lipinski definition) is 4. The van der Waals surface area contributed by atoms with Gasteiger partial charge in [-0.3, -0.25) is 19.2 Å². The number of carboxylic acid groups (broad SMARTS) is 4. The number of fused-ring (bicyclic) bond motifs is 2. The second-order valence-corrected chi connectivity index (χ2v) is 11.1. The Kier molecular flexibility index (Phi) is 5.25. The Morgan fingerprint density at radius 1 is 0.375 bits per heavy atom. The number of hydrogen-bond donors (Lipinski definition) is 4. The molecule has 0 aliphatic heterocycles. The van der Waals surface area contributed by atoms with E-state index in [1.165, 1.54) is 0 Å². The Bertz CT molecular complexity index is 706. The molecule has 5 aliphatic carbocycles. The van der Waals surface area contributed by atoms with E-state index < -0.39 is 47.5 Å². The highest BCUT2D eigenvalue weighted by molar-refractivity contribution is 5.76. The molecular formula is C24H32O8. The van der Waals surface area contributed by atoms with Crippen LogP contribution in [0.25, 0.3) is 0 Å². The van der Waals surface area contributed by atoms with Crippen molar-refractivity contribution in [1.82, 2.24) is 0 Å². The molecule has 8 heteroatoms. The topological polar surface area (TPSA) is 149 Å². The number of carbonyl (C=O) groups is 4. The lowest BCUT2D eigenvalue weighted by Crippen LogP contribution is -2.63. The minimum atomic E-state index is -0.899. The van der Waals surface area contributed by atoms with Crippen LogP contribution in [-0.4, -0.2) is 44.3 Å². The second-order valence-electron chi connectivity index (χ2n) is 11.1. The van der Waals surface area contributed by atoms with Gasteiger partial charge in [0.25, 0.3) is 0 Å². The first-order valence-corrected chi connectivity index (χ1v) is 12.1. The fraction of sp³-hybridized carbons (Fsp3) is 0.833. The van der Waals surface area contributed by atoms with E-state index in [1.54, 1.807) is 0 Å². The van der Waals surface area contributed by atoms with Gasteiger partial charge in [-0.25, -0.2) is 0 Å². The van der Waals surface area contributed by atoms with Gasteiger partial charge in [-0.2, -0.15) is 0 Å². The van der Waals surface area contributed by atoms with Crippen molar-refractivity contribution < 1.29 is 39.6 Å². The van der Waals surface area contributed by atoms with E-state index in [0.29, 0.717) is 25.7 Å². The predicted molar refractivity (Wildman–Crippen MR) is 109 cm³/mol. The molecule has 4 N–H and O–H groups in total. The molecular weight excluding hydrogens is 416 g/mol. The maximum atomic E-state index is 12.1. The smallest absolute Gasteiger partial charge is 0.306 e. The lowest BCUT2D eigenvalue weighted by atomic mass is 9.38. The molecule has 0 saturated heterocycles. The molecule has 5 rings (SSSR count). The maximum Gasteiger partial charge on any atom is 0.306 e. The van der Waals surface area contributed by atoms with E-state index in [1.807, 2.05) is 0 Å². The summed E-state index contributed by atoms with van der Waals surface area (Å²) < 4.78 is 0. The molecule has 0 amide bonds. The molecule has 32 heavy (non-hydrogen) atoms. The van der Waals surface area contributed by atoms with Crippen molar-refractivity contribution in [1.29, 1.82) is 0 Å². The third-order valence-electron chi connectivity index (χ3n) is 10.3. The Labute approximate surface area is 186 Å². The Balaban J connectivity index is 1.57. The van der Waals surface area contributed by atoms with Crippen molar-refractivity contribution in [3.8, 4) is 0 Å². The first-order chi connectivity index (χ1) is 15.2. The van der Waals surface area contributed by atoms with Gasteiger partial charge in [-0.15, -0.1) is 0 Å². The summed E-state index contributed by atoms with van der Waals surface area (Å²) in [5, 5.41) is 39.7. The molecule has 0 bridgehead atoms. The molecule has 5 saturated carbocycles. The van der Waals surface area contributed by atoms with E-state index in [2.05, 4.69) is 0 Å². The number of carboxylic acids is 4. The molecule has 176 valence electrons.